The number of aromatic nitrogens is 3. The number of fused-ring (bicyclic) bond motifs is 1. The lowest BCUT2D eigenvalue weighted by Gasteiger charge is -2.08. The Morgan fingerprint density at radius 3 is 2.56 bits per heavy atom. The second-order valence-corrected chi connectivity index (χ2v) is 5.65. The Kier molecular flexibility index (Phi) is 3.43. The number of para-hydroxylation sites is 1. The SMILES string of the molecule is Nc1ccccc1-c1cnnc2[nH]cc(C(=O)c3ccc(O)cc3)c12. The third kappa shape index (κ3) is 2.49. The number of carbonyl (C=O) groups is 1. The minimum absolute atomic E-state index is 0.110. The van der Waals surface area contributed by atoms with E-state index in [1.54, 1.807) is 30.6 Å². The first kappa shape index (κ1) is 14.9. The Morgan fingerprint density at radius 1 is 1.04 bits per heavy atom. The number of hydrogen-bond donors (Lipinski definition) is 3. The zero-order valence-electron chi connectivity index (χ0n) is 13.1. The molecule has 4 aromatic rings. The molecule has 0 fully saturated rings. The minimum Gasteiger partial charge on any atom is -0.508 e. The molecule has 2 aromatic carbocycles. The van der Waals surface area contributed by atoms with Crippen molar-refractivity contribution in [1.29, 1.82) is 0 Å². The van der Waals surface area contributed by atoms with E-state index in [1.165, 1.54) is 12.1 Å². The summed E-state index contributed by atoms with van der Waals surface area (Å²) in [6, 6.07) is 13.6. The highest BCUT2D eigenvalue weighted by Gasteiger charge is 2.19. The maximum absolute atomic E-state index is 12.9. The zero-order valence-corrected chi connectivity index (χ0v) is 13.1. The monoisotopic (exact) mass is 330 g/mol. The van der Waals surface area contributed by atoms with E-state index in [2.05, 4.69) is 15.2 Å². The number of nitrogens with two attached hydrogens (primary N) is 1. The van der Waals surface area contributed by atoms with Crippen LogP contribution in [0.25, 0.3) is 22.2 Å². The number of nitrogen functional groups attached to an aromatic ring is 1. The van der Waals surface area contributed by atoms with Crippen LogP contribution in [0.1, 0.15) is 15.9 Å². The van der Waals surface area contributed by atoms with Crippen molar-refractivity contribution in [3.8, 4) is 16.9 Å². The average Bonchev–Trinajstić information content (AvgIpc) is 3.06. The lowest BCUT2D eigenvalue weighted by atomic mass is 9.97. The molecule has 0 unspecified atom stereocenters. The largest absolute Gasteiger partial charge is 0.508 e. The molecule has 4 rings (SSSR count). The molecule has 0 aliphatic rings. The summed E-state index contributed by atoms with van der Waals surface area (Å²) in [7, 11) is 0. The van der Waals surface area contributed by atoms with Gasteiger partial charge in [-0.1, -0.05) is 18.2 Å². The third-order valence-electron chi connectivity index (χ3n) is 4.10. The summed E-state index contributed by atoms with van der Waals surface area (Å²) in [5, 5.41) is 18.2. The Labute approximate surface area is 143 Å². The first-order valence-corrected chi connectivity index (χ1v) is 7.66. The molecule has 0 saturated carbocycles. The number of rotatable bonds is 3. The second-order valence-electron chi connectivity index (χ2n) is 5.65. The molecule has 6 heteroatoms. The number of phenols is 1. The molecule has 0 saturated heterocycles. The van der Waals surface area contributed by atoms with Crippen molar-refractivity contribution in [2.75, 3.05) is 5.73 Å². The highest BCUT2D eigenvalue weighted by molar-refractivity contribution is 6.18. The molecular formula is C19H14N4O2. The van der Waals surface area contributed by atoms with Gasteiger partial charge in [0, 0.05) is 34.0 Å². The van der Waals surface area contributed by atoms with Crippen molar-refractivity contribution in [2.45, 2.75) is 0 Å². The van der Waals surface area contributed by atoms with Crippen molar-refractivity contribution in [1.82, 2.24) is 15.2 Å². The van der Waals surface area contributed by atoms with Crippen LogP contribution in [0.2, 0.25) is 0 Å². The van der Waals surface area contributed by atoms with Gasteiger partial charge in [-0.15, -0.1) is 5.10 Å². The molecule has 0 radical (unpaired) electrons. The van der Waals surface area contributed by atoms with Gasteiger partial charge in [-0.2, -0.15) is 5.10 Å². The van der Waals surface area contributed by atoms with E-state index in [0.29, 0.717) is 27.8 Å². The molecule has 0 aliphatic carbocycles. The van der Waals surface area contributed by atoms with Crippen LogP contribution in [-0.2, 0) is 0 Å². The first-order valence-electron chi connectivity index (χ1n) is 7.66. The summed E-state index contributed by atoms with van der Waals surface area (Å²) in [6.07, 6.45) is 3.23. The maximum Gasteiger partial charge on any atom is 0.195 e. The Hall–Kier alpha value is -3.67. The zero-order chi connectivity index (χ0) is 17.4. The third-order valence-corrected chi connectivity index (χ3v) is 4.10. The van der Waals surface area contributed by atoms with Gasteiger partial charge in [-0.05, 0) is 30.3 Å². The molecule has 6 nitrogen and oxygen atoms in total. The van der Waals surface area contributed by atoms with E-state index in [-0.39, 0.29) is 11.5 Å². The summed E-state index contributed by atoms with van der Waals surface area (Å²) < 4.78 is 0. The van der Waals surface area contributed by atoms with E-state index in [1.807, 2.05) is 18.2 Å². The van der Waals surface area contributed by atoms with Crippen LogP contribution >= 0.6 is 0 Å². The number of benzene rings is 2. The van der Waals surface area contributed by atoms with Crippen LogP contribution in [0, 0.1) is 0 Å². The van der Waals surface area contributed by atoms with Gasteiger partial charge in [0.15, 0.2) is 11.4 Å². The number of aromatic hydroxyl groups is 1. The van der Waals surface area contributed by atoms with Crippen molar-refractivity contribution < 1.29 is 9.90 Å². The predicted molar refractivity (Wildman–Crippen MR) is 95.3 cm³/mol. The van der Waals surface area contributed by atoms with Crippen LogP contribution in [0.3, 0.4) is 0 Å². The molecule has 0 bridgehead atoms. The molecule has 4 N–H and O–H groups in total. The number of nitrogens with zero attached hydrogens (tertiary/aromatic N) is 2. The molecule has 122 valence electrons. The lowest BCUT2D eigenvalue weighted by molar-refractivity contribution is 0.104. The number of anilines is 1. The van der Waals surface area contributed by atoms with E-state index in [0.717, 1.165) is 11.1 Å². The van der Waals surface area contributed by atoms with Crippen LogP contribution in [0.15, 0.2) is 60.9 Å². The number of hydrogen-bond acceptors (Lipinski definition) is 5. The Morgan fingerprint density at radius 2 is 1.80 bits per heavy atom. The minimum atomic E-state index is -0.171. The van der Waals surface area contributed by atoms with Gasteiger partial charge in [0.25, 0.3) is 0 Å². The van der Waals surface area contributed by atoms with Gasteiger partial charge in [-0.25, -0.2) is 0 Å². The number of carbonyl (C=O) groups excluding carboxylic acids is 1. The lowest BCUT2D eigenvalue weighted by Crippen LogP contribution is -2.01. The topological polar surface area (TPSA) is 105 Å². The molecule has 25 heavy (non-hydrogen) atoms. The Balaban J connectivity index is 1.93. The van der Waals surface area contributed by atoms with Crippen molar-refractivity contribution in [2.24, 2.45) is 0 Å². The molecule has 0 aliphatic heterocycles. The van der Waals surface area contributed by atoms with Crippen molar-refractivity contribution in [3.63, 3.8) is 0 Å². The second kappa shape index (κ2) is 5.76. The smallest absolute Gasteiger partial charge is 0.195 e. The number of ketones is 1. The highest BCUT2D eigenvalue weighted by Crippen LogP contribution is 2.33. The first-order chi connectivity index (χ1) is 12.1. The van der Waals surface area contributed by atoms with E-state index >= 15 is 0 Å². The van der Waals surface area contributed by atoms with Crippen LogP contribution in [0.5, 0.6) is 5.75 Å². The van der Waals surface area contributed by atoms with Gasteiger partial charge in [0.2, 0.25) is 0 Å². The quantitative estimate of drug-likeness (QED) is 0.395. The van der Waals surface area contributed by atoms with E-state index < -0.39 is 0 Å². The molecule has 2 aromatic heterocycles. The van der Waals surface area contributed by atoms with E-state index in [4.69, 9.17) is 5.73 Å². The number of aromatic amines is 1. The van der Waals surface area contributed by atoms with Gasteiger partial charge in [0.1, 0.15) is 5.75 Å². The molecule has 2 heterocycles. The average molecular weight is 330 g/mol. The van der Waals surface area contributed by atoms with Crippen molar-refractivity contribution >= 4 is 22.5 Å². The number of H-pyrrole nitrogens is 1. The fraction of sp³-hybridized carbons (Fsp3) is 0. The van der Waals surface area contributed by atoms with E-state index in [9.17, 15) is 9.90 Å². The summed E-state index contributed by atoms with van der Waals surface area (Å²) >= 11 is 0. The summed E-state index contributed by atoms with van der Waals surface area (Å²) in [4.78, 5) is 15.9. The predicted octanol–water partition coefficient (Wildman–Crippen LogP) is 3.14. The fourth-order valence-corrected chi connectivity index (χ4v) is 2.87. The van der Waals surface area contributed by atoms with Crippen LogP contribution < -0.4 is 5.73 Å². The molecular weight excluding hydrogens is 316 g/mol. The highest BCUT2D eigenvalue weighted by atomic mass is 16.3. The summed E-state index contributed by atoms with van der Waals surface area (Å²) in [5.74, 6) is -0.0610. The summed E-state index contributed by atoms with van der Waals surface area (Å²) in [5.41, 5.74) is 9.70. The van der Waals surface area contributed by atoms with Crippen LogP contribution in [0.4, 0.5) is 5.69 Å². The van der Waals surface area contributed by atoms with Gasteiger partial charge < -0.3 is 15.8 Å². The van der Waals surface area contributed by atoms with Gasteiger partial charge in [0.05, 0.1) is 11.8 Å². The number of phenolic OH excluding ortho intramolecular Hbond substituents is 1. The van der Waals surface area contributed by atoms with Crippen molar-refractivity contribution in [3.05, 3.63) is 72.1 Å². The standard InChI is InChI=1S/C19H14N4O2/c20-16-4-2-1-3-13(16)14-10-22-23-19-17(14)15(9-21-19)18(25)11-5-7-12(24)8-6-11/h1-10,24H,20H2,(H,21,23). The molecule has 0 spiro atoms. The van der Waals surface area contributed by atoms with Gasteiger partial charge in [-0.3, -0.25) is 4.79 Å². The van der Waals surface area contributed by atoms with Gasteiger partial charge >= 0.3 is 0 Å². The number of nitrogens with one attached hydrogen (secondary N) is 1. The fourth-order valence-electron chi connectivity index (χ4n) is 2.87. The molecule has 0 atom stereocenters. The normalized spacial score (nSPS) is 10.9. The Bertz CT molecular complexity index is 1080. The summed E-state index contributed by atoms with van der Waals surface area (Å²) in [6.45, 7) is 0. The molecule has 0 amide bonds. The van der Waals surface area contributed by atoms with Crippen LogP contribution in [-0.4, -0.2) is 26.1 Å². The maximum atomic E-state index is 12.9.